The van der Waals surface area contributed by atoms with Crippen LogP contribution in [-0.2, 0) is 16.1 Å². The van der Waals surface area contributed by atoms with Crippen LogP contribution in [0.3, 0.4) is 0 Å². The summed E-state index contributed by atoms with van der Waals surface area (Å²) in [6, 6.07) is 17.7. The first-order chi connectivity index (χ1) is 15.2. The highest BCUT2D eigenvalue weighted by Gasteiger charge is 2.48. The van der Waals surface area contributed by atoms with Gasteiger partial charge in [-0.25, -0.2) is 0 Å². The Morgan fingerprint density at radius 1 is 1.03 bits per heavy atom. The Hall–Kier alpha value is -3.44. The van der Waals surface area contributed by atoms with Crippen molar-refractivity contribution in [3.05, 3.63) is 89.8 Å². The van der Waals surface area contributed by atoms with Crippen LogP contribution in [0.2, 0.25) is 0 Å². The normalized spacial score (nSPS) is 21.0. The van der Waals surface area contributed by atoms with E-state index >= 15 is 0 Å². The van der Waals surface area contributed by atoms with E-state index in [0.29, 0.717) is 12.2 Å². The lowest BCUT2D eigenvalue weighted by atomic mass is 9.79. The third-order valence-corrected chi connectivity index (χ3v) is 6.19. The van der Waals surface area contributed by atoms with Crippen LogP contribution in [0.1, 0.15) is 25.0 Å². The summed E-state index contributed by atoms with van der Waals surface area (Å²) in [5, 5.41) is 2.02. The molecule has 1 aromatic heterocycles. The highest BCUT2D eigenvalue weighted by atomic mass is 16.7. The molecule has 2 aliphatic carbocycles. The molecular formula is C26H21NO4. The lowest BCUT2D eigenvalue weighted by Gasteiger charge is -2.43. The van der Waals surface area contributed by atoms with E-state index in [0.717, 1.165) is 52.8 Å². The van der Waals surface area contributed by atoms with Crippen molar-refractivity contribution in [2.75, 3.05) is 0 Å². The zero-order valence-electron chi connectivity index (χ0n) is 16.9. The van der Waals surface area contributed by atoms with Gasteiger partial charge in [-0.05, 0) is 55.0 Å². The van der Waals surface area contributed by atoms with Gasteiger partial charge in [-0.2, -0.15) is 0 Å². The molecule has 31 heavy (non-hydrogen) atoms. The fraction of sp³-hybridized carbons (Fsp3) is 0.231. The molecule has 5 nitrogen and oxygen atoms in total. The second-order valence-electron chi connectivity index (χ2n) is 8.08. The molecule has 0 N–H and O–H groups in total. The van der Waals surface area contributed by atoms with E-state index in [2.05, 4.69) is 4.98 Å². The number of allylic oxidation sites excluding steroid dienone is 1. The molecule has 1 unspecified atom stereocenters. The average molecular weight is 411 g/mol. The lowest BCUT2D eigenvalue weighted by molar-refractivity contribution is -0.115. The maximum absolute atomic E-state index is 13.0. The lowest BCUT2D eigenvalue weighted by Crippen LogP contribution is -2.49. The monoisotopic (exact) mass is 411 g/mol. The van der Waals surface area contributed by atoms with Crippen molar-refractivity contribution >= 4 is 16.6 Å². The summed E-state index contributed by atoms with van der Waals surface area (Å²) in [5.41, 5.74) is 2.37. The fourth-order valence-corrected chi connectivity index (χ4v) is 4.80. The van der Waals surface area contributed by atoms with Gasteiger partial charge in [0.15, 0.2) is 5.78 Å². The molecule has 0 bridgehead atoms. The number of rotatable bonds is 3. The number of hydrogen-bond acceptors (Lipinski definition) is 5. The summed E-state index contributed by atoms with van der Waals surface area (Å²) in [6.45, 7) is 0.357. The summed E-state index contributed by atoms with van der Waals surface area (Å²) in [6.07, 6.45) is 7.17. The minimum Gasteiger partial charge on any atom is -0.444 e. The molecule has 6 rings (SSSR count). The molecule has 0 fully saturated rings. The quantitative estimate of drug-likeness (QED) is 0.613. The van der Waals surface area contributed by atoms with Gasteiger partial charge in [0.25, 0.3) is 5.79 Å². The molecule has 0 saturated heterocycles. The smallest absolute Gasteiger partial charge is 0.295 e. The van der Waals surface area contributed by atoms with Crippen LogP contribution in [0.25, 0.3) is 10.8 Å². The van der Waals surface area contributed by atoms with Gasteiger partial charge in [-0.3, -0.25) is 9.78 Å². The van der Waals surface area contributed by atoms with Crippen molar-refractivity contribution in [2.24, 2.45) is 0 Å². The van der Waals surface area contributed by atoms with Gasteiger partial charge < -0.3 is 14.2 Å². The minimum atomic E-state index is -1.11. The first kappa shape index (κ1) is 18.3. The summed E-state index contributed by atoms with van der Waals surface area (Å²) >= 11 is 0. The molecule has 0 saturated carbocycles. The number of carbonyl (C=O) groups is 1. The van der Waals surface area contributed by atoms with Crippen molar-refractivity contribution < 1.29 is 19.0 Å². The number of aromatic nitrogens is 1. The first-order valence-electron chi connectivity index (χ1n) is 10.6. The van der Waals surface area contributed by atoms with E-state index in [9.17, 15) is 4.79 Å². The zero-order chi connectivity index (χ0) is 20.8. The third kappa shape index (κ3) is 2.96. The van der Waals surface area contributed by atoms with Crippen molar-refractivity contribution in [3.63, 3.8) is 0 Å². The molecule has 2 heterocycles. The Morgan fingerprint density at radius 2 is 1.84 bits per heavy atom. The van der Waals surface area contributed by atoms with E-state index < -0.39 is 5.79 Å². The molecule has 154 valence electrons. The molecule has 1 aliphatic heterocycles. The molecule has 1 atom stereocenters. The SMILES string of the molecule is O=C1C=CC2(Oc3cccc4cccc(c34)O2)C2=C1C(OCc1ccccn1)CCC2. The molecule has 3 aromatic rings. The summed E-state index contributed by atoms with van der Waals surface area (Å²) in [5.74, 6) is 0.387. The van der Waals surface area contributed by atoms with Crippen LogP contribution in [0, 0.1) is 0 Å². The molecular weight excluding hydrogens is 390 g/mol. The van der Waals surface area contributed by atoms with Gasteiger partial charge in [-0.1, -0.05) is 30.3 Å². The van der Waals surface area contributed by atoms with Crippen molar-refractivity contribution in [1.82, 2.24) is 4.98 Å². The van der Waals surface area contributed by atoms with E-state index in [-0.39, 0.29) is 11.9 Å². The largest absolute Gasteiger partial charge is 0.444 e. The van der Waals surface area contributed by atoms with Crippen LogP contribution in [0.5, 0.6) is 11.5 Å². The number of ketones is 1. The van der Waals surface area contributed by atoms with Crippen LogP contribution >= 0.6 is 0 Å². The van der Waals surface area contributed by atoms with Crippen LogP contribution in [-0.4, -0.2) is 22.7 Å². The van der Waals surface area contributed by atoms with Crippen LogP contribution in [0.15, 0.2) is 84.1 Å². The average Bonchev–Trinajstić information content (AvgIpc) is 2.81. The molecule has 1 spiro atoms. The standard InChI is InChI=1S/C26H21NO4/c28-20-13-14-26(30-22-11-3-6-17-7-4-12-23(31-26)24(17)22)19-9-5-10-21(25(19)20)29-16-18-8-1-2-15-27-18/h1-4,6-8,11-15,21H,5,9-10,16H2. The molecule has 0 amide bonds. The molecule has 2 aromatic carbocycles. The summed E-state index contributed by atoms with van der Waals surface area (Å²) < 4.78 is 19.1. The maximum Gasteiger partial charge on any atom is 0.295 e. The number of carbonyl (C=O) groups excluding carboxylic acids is 1. The van der Waals surface area contributed by atoms with Crippen molar-refractivity contribution in [1.29, 1.82) is 0 Å². The van der Waals surface area contributed by atoms with Crippen LogP contribution < -0.4 is 9.47 Å². The number of pyridine rings is 1. The topological polar surface area (TPSA) is 57.7 Å². The highest BCUT2D eigenvalue weighted by Crippen LogP contribution is 2.48. The van der Waals surface area contributed by atoms with Gasteiger partial charge >= 0.3 is 0 Å². The van der Waals surface area contributed by atoms with Gasteiger partial charge in [0.05, 0.1) is 23.8 Å². The van der Waals surface area contributed by atoms with Crippen molar-refractivity contribution in [3.8, 4) is 11.5 Å². The molecule has 3 aliphatic rings. The Morgan fingerprint density at radius 3 is 2.58 bits per heavy atom. The third-order valence-electron chi connectivity index (χ3n) is 6.19. The Kier molecular flexibility index (Phi) is 4.18. The highest BCUT2D eigenvalue weighted by molar-refractivity contribution is 6.07. The van der Waals surface area contributed by atoms with Gasteiger partial charge in [0.2, 0.25) is 0 Å². The first-order valence-corrected chi connectivity index (χ1v) is 10.6. The predicted molar refractivity (Wildman–Crippen MR) is 116 cm³/mol. The second-order valence-corrected chi connectivity index (χ2v) is 8.08. The molecule has 5 heteroatoms. The number of ether oxygens (including phenoxy) is 3. The number of benzene rings is 2. The van der Waals surface area contributed by atoms with E-state index in [1.54, 1.807) is 18.3 Å². The van der Waals surface area contributed by atoms with Crippen molar-refractivity contribution in [2.45, 2.75) is 37.8 Å². The van der Waals surface area contributed by atoms with E-state index in [1.807, 2.05) is 54.6 Å². The summed E-state index contributed by atoms with van der Waals surface area (Å²) in [4.78, 5) is 17.3. The maximum atomic E-state index is 13.0. The second kappa shape index (κ2) is 7.06. The Bertz CT molecular complexity index is 1200. The Labute approximate surface area is 180 Å². The van der Waals surface area contributed by atoms with Crippen LogP contribution in [0.4, 0.5) is 0 Å². The number of nitrogens with zero attached hydrogens (tertiary/aromatic N) is 1. The van der Waals surface area contributed by atoms with Gasteiger partial charge in [-0.15, -0.1) is 0 Å². The van der Waals surface area contributed by atoms with E-state index in [4.69, 9.17) is 14.2 Å². The zero-order valence-corrected chi connectivity index (χ0v) is 16.9. The van der Waals surface area contributed by atoms with Gasteiger partial charge in [0.1, 0.15) is 11.5 Å². The predicted octanol–water partition coefficient (Wildman–Crippen LogP) is 4.91. The Balaban J connectivity index is 1.39. The summed E-state index contributed by atoms with van der Waals surface area (Å²) in [7, 11) is 0. The fourth-order valence-electron chi connectivity index (χ4n) is 4.80. The number of hydrogen-bond donors (Lipinski definition) is 0. The molecule has 0 radical (unpaired) electrons. The minimum absolute atomic E-state index is 0.0318. The van der Waals surface area contributed by atoms with E-state index in [1.165, 1.54) is 0 Å². The number of fused-ring (bicyclic) bond motifs is 1. The van der Waals surface area contributed by atoms with Gasteiger partial charge in [0, 0.05) is 23.4 Å².